The highest BCUT2D eigenvalue weighted by atomic mass is 35.5. The van der Waals surface area contributed by atoms with Crippen LogP contribution in [-0.2, 0) is 0 Å². The van der Waals surface area contributed by atoms with Crippen molar-refractivity contribution in [2.24, 2.45) is 11.7 Å². The summed E-state index contributed by atoms with van der Waals surface area (Å²) < 4.78 is 26.2. The molecule has 1 aromatic carbocycles. The molecule has 2 amide bonds. The molecule has 1 saturated heterocycles. The van der Waals surface area contributed by atoms with Gasteiger partial charge in [0.25, 0.3) is 0 Å². The van der Waals surface area contributed by atoms with E-state index in [0.717, 1.165) is 31.4 Å². The number of rotatable bonds is 3. The molecule has 0 aliphatic carbocycles. The number of piperidine rings is 1. The molecule has 22 heavy (non-hydrogen) atoms. The number of hydrogen-bond acceptors (Lipinski definition) is 2. The summed E-state index contributed by atoms with van der Waals surface area (Å²) in [6, 6.07) is 2.75. The lowest BCUT2D eigenvalue weighted by Gasteiger charge is -2.31. The highest BCUT2D eigenvalue weighted by Crippen LogP contribution is 2.21. The van der Waals surface area contributed by atoms with Gasteiger partial charge in [0.15, 0.2) is 0 Å². The van der Waals surface area contributed by atoms with E-state index in [0.29, 0.717) is 25.6 Å². The van der Waals surface area contributed by atoms with Gasteiger partial charge >= 0.3 is 6.03 Å². The van der Waals surface area contributed by atoms with Crippen LogP contribution >= 0.6 is 24.8 Å². The Balaban J connectivity index is 0.00000220. The van der Waals surface area contributed by atoms with Crippen LogP contribution in [0.25, 0.3) is 0 Å². The highest BCUT2D eigenvalue weighted by molar-refractivity contribution is 5.89. The monoisotopic (exact) mass is 355 g/mol. The van der Waals surface area contributed by atoms with Gasteiger partial charge in [-0.2, -0.15) is 0 Å². The standard InChI is InChI=1S/C14H19F2N3O.2ClH/c15-11-1-2-13(12(16)9-11)18-14(20)19-7-4-10(3-6-17)5-8-19;;/h1-2,9-10H,3-8,17H2,(H,18,20);2*1H. The third-order valence-corrected chi connectivity index (χ3v) is 3.65. The van der Waals surface area contributed by atoms with E-state index in [1.807, 2.05) is 0 Å². The summed E-state index contributed by atoms with van der Waals surface area (Å²) in [7, 11) is 0. The molecule has 1 aliphatic heterocycles. The molecule has 1 fully saturated rings. The molecule has 1 heterocycles. The summed E-state index contributed by atoms with van der Waals surface area (Å²) in [5.41, 5.74) is 5.52. The number of nitrogens with two attached hydrogens (primary N) is 1. The van der Waals surface area contributed by atoms with Gasteiger partial charge in [0.05, 0.1) is 5.69 Å². The first kappa shape index (κ1) is 20.9. The summed E-state index contributed by atoms with van der Waals surface area (Å²) in [6.45, 7) is 1.94. The Morgan fingerprint density at radius 2 is 1.91 bits per heavy atom. The number of nitrogens with zero attached hydrogens (tertiary/aromatic N) is 1. The minimum absolute atomic E-state index is 0. The molecule has 0 unspecified atom stereocenters. The molecule has 2 rings (SSSR count). The normalized spacial score (nSPS) is 14.8. The van der Waals surface area contributed by atoms with Crippen LogP contribution in [0, 0.1) is 17.6 Å². The van der Waals surface area contributed by atoms with Crippen molar-refractivity contribution < 1.29 is 13.6 Å². The van der Waals surface area contributed by atoms with E-state index in [1.54, 1.807) is 4.90 Å². The van der Waals surface area contributed by atoms with E-state index in [2.05, 4.69) is 5.32 Å². The van der Waals surface area contributed by atoms with Crippen LogP contribution in [0.4, 0.5) is 19.3 Å². The van der Waals surface area contributed by atoms with Crippen molar-refractivity contribution in [3.05, 3.63) is 29.8 Å². The zero-order chi connectivity index (χ0) is 14.5. The number of urea groups is 1. The number of halogens is 4. The Morgan fingerprint density at radius 3 is 2.45 bits per heavy atom. The average molecular weight is 356 g/mol. The molecule has 1 aromatic rings. The molecule has 0 atom stereocenters. The van der Waals surface area contributed by atoms with Gasteiger partial charge in [-0.05, 0) is 43.9 Å². The van der Waals surface area contributed by atoms with Gasteiger partial charge in [-0.25, -0.2) is 13.6 Å². The Kier molecular flexibility index (Phi) is 9.32. The molecule has 0 bridgehead atoms. The van der Waals surface area contributed by atoms with Gasteiger partial charge in [0, 0.05) is 19.2 Å². The molecular weight excluding hydrogens is 335 g/mol. The number of carbonyl (C=O) groups excluding carboxylic acids is 1. The van der Waals surface area contributed by atoms with E-state index in [1.165, 1.54) is 6.07 Å². The molecule has 0 aromatic heterocycles. The van der Waals surface area contributed by atoms with E-state index in [4.69, 9.17) is 5.73 Å². The fraction of sp³-hybridized carbons (Fsp3) is 0.500. The first-order chi connectivity index (χ1) is 9.60. The zero-order valence-corrected chi connectivity index (χ0v) is 13.7. The fourth-order valence-electron chi connectivity index (χ4n) is 2.45. The quantitative estimate of drug-likeness (QED) is 0.872. The lowest BCUT2D eigenvalue weighted by Crippen LogP contribution is -2.41. The van der Waals surface area contributed by atoms with E-state index < -0.39 is 11.6 Å². The predicted octanol–water partition coefficient (Wildman–Crippen LogP) is 3.40. The van der Waals surface area contributed by atoms with E-state index in [9.17, 15) is 13.6 Å². The number of amides is 2. The van der Waals surface area contributed by atoms with E-state index >= 15 is 0 Å². The van der Waals surface area contributed by atoms with Gasteiger partial charge in [-0.15, -0.1) is 24.8 Å². The lowest BCUT2D eigenvalue weighted by atomic mass is 9.94. The molecule has 0 radical (unpaired) electrons. The molecule has 8 heteroatoms. The Bertz CT molecular complexity index is 483. The van der Waals surface area contributed by atoms with Crippen LogP contribution in [0.2, 0.25) is 0 Å². The van der Waals surface area contributed by atoms with Gasteiger partial charge in [-0.3, -0.25) is 0 Å². The molecule has 3 N–H and O–H groups in total. The maximum atomic E-state index is 13.5. The van der Waals surface area contributed by atoms with Crippen molar-refractivity contribution in [2.75, 3.05) is 25.0 Å². The van der Waals surface area contributed by atoms with Crippen molar-refractivity contribution in [1.82, 2.24) is 4.90 Å². The first-order valence-corrected chi connectivity index (χ1v) is 6.81. The van der Waals surface area contributed by atoms with Crippen molar-refractivity contribution in [3.8, 4) is 0 Å². The Morgan fingerprint density at radius 1 is 1.27 bits per heavy atom. The van der Waals surface area contributed by atoms with Gasteiger partial charge in [0.1, 0.15) is 11.6 Å². The second-order valence-electron chi connectivity index (χ2n) is 5.06. The lowest BCUT2D eigenvalue weighted by molar-refractivity contribution is 0.180. The largest absolute Gasteiger partial charge is 0.330 e. The summed E-state index contributed by atoms with van der Waals surface area (Å²) in [6.07, 6.45) is 2.80. The Labute approximate surface area is 141 Å². The number of benzene rings is 1. The molecule has 4 nitrogen and oxygen atoms in total. The van der Waals surface area contributed by atoms with E-state index in [-0.39, 0.29) is 36.5 Å². The van der Waals surface area contributed by atoms with Gasteiger partial charge < -0.3 is 16.0 Å². The van der Waals surface area contributed by atoms with Crippen molar-refractivity contribution in [1.29, 1.82) is 0 Å². The van der Waals surface area contributed by atoms with Crippen LogP contribution in [0.5, 0.6) is 0 Å². The third kappa shape index (κ3) is 5.59. The van der Waals surface area contributed by atoms with Crippen molar-refractivity contribution in [3.63, 3.8) is 0 Å². The van der Waals surface area contributed by atoms with Crippen LogP contribution in [-0.4, -0.2) is 30.6 Å². The second kappa shape index (κ2) is 9.82. The van der Waals surface area contributed by atoms with Crippen LogP contribution in [0.15, 0.2) is 18.2 Å². The summed E-state index contributed by atoms with van der Waals surface area (Å²) >= 11 is 0. The minimum Gasteiger partial charge on any atom is -0.330 e. The fourth-order valence-corrected chi connectivity index (χ4v) is 2.45. The molecule has 0 spiro atoms. The molecule has 126 valence electrons. The van der Waals surface area contributed by atoms with Crippen molar-refractivity contribution >= 4 is 36.5 Å². The van der Waals surface area contributed by atoms with Crippen molar-refractivity contribution in [2.45, 2.75) is 19.3 Å². The first-order valence-electron chi connectivity index (χ1n) is 6.81. The topological polar surface area (TPSA) is 58.4 Å². The number of carbonyl (C=O) groups is 1. The summed E-state index contributed by atoms with van der Waals surface area (Å²) in [5.74, 6) is -0.869. The average Bonchev–Trinajstić information content (AvgIpc) is 2.43. The van der Waals surface area contributed by atoms with Gasteiger partial charge in [-0.1, -0.05) is 0 Å². The maximum absolute atomic E-state index is 13.5. The number of hydrogen-bond donors (Lipinski definition) is 2. The van der Waals surface area contributed by atoms with Crippen LogP contribution in [0.1, 0.15) is 19.3 Å². The smallest absolute Gasteiger partial charge is 0.321 e. The maximum Gasteiger partial charge on any atom is 0.321 e. The SMILES string of the molecule is Cl.Cl.NCCC1CCN(C(=O)Nc2ccc(F)cc2F)CC1. The zero-order valence-electron chi connectivity index (χ0n) is 12.1. The highest BCUT2D eigenvalue weighted by Gasteiger charge is 2.22. The summed E-state index contributed by atoms with van der Waals surface area (Å²) in [4.78, 5) is 13.6. The van der Waals surface area contributed by atoms with Crippen LogP contribution < -0.4 is 11.1 Å². The molecule has 1 aliphatic rings. The second-order valence-corrected chi connectivity index (χ2v) is 5.06. The number of likely N-dealkylation sites (tertiary alicyclic amines) is 1. The molecular formula is C14H21Cl2F2N3O. The number of nitrogens with one attached hydrogen (secondary N) is 1. The minimum atomic E-state index is -0.767. The van der Waals surface area contributed by atoms with Crippen LogP contribution in [0.3, 0.4) is 0 Å². The third-order valence-electron chi connectivity index (χ3n) is 3.65. The summed E-state index contributed by atoms with van der Waals surface area (Å²) in [5, 5.41) is 2.47. The Hall–Kier alpha value is -1.11. The molecule has 0 saturated carbocycles. The number of anilines is 1. The predicted molar refractivity (Wildman–Crippen MR) is 87.8 cm³/mol. The van der Waals surface area contributed by atoms with Gasteiger partial charge in [0.2, 0.25) is 0 Å².